The number of rotatable bonds is 5. The van der Waals surface area contributed by atoms with E-state index in [1.165, 1.54) is 0 Å². The maximum atomic E-state index is 13.1. The summed E-state index contributed by atoms with van der Waals surface area (Å²) in [6.07, 6.45) is 3.46. The first-order chi connectivity index (χ1) is 14.1. The quantitative estimate of drug-likeness (QED) is 0.312. The maximum Gasteiger partial charge on any atom is 0.274 e. The first kappa shape index (κ1) is 18.3. The summed E-state index contributed by atoms with van der Waals surface area (Å²) in [6, 6.07) is 14.9. The summed E-state index contributed by atoms with van der Waals surface area (Å²) in [5.41, 5.74) is 6.25. The fourth-order valence-corrected chi connectivity index (χ4v) is 3.13. The Balaban J connectivity index is 1.73. The van der Waals surface area contributed by atoms with Crippen molar-refractivity contribution < 1.29 is 4.79 Å². The van der Waals surface area contributed by atoms with Gasteiger partial charge in [-0.05, 0) is 31.5 Å². The molecule has 4 rings (SSSR count). The number of H-pyrrole nitrogens is 1. The Morgan fingerprint density at radius 1 is 1.10 bits per heavy atom. The highest BCUT2D eigenvalue weighted by atomic mass is 16.1. The van der Waals surface area contributed by atoms with Gasteiger partial charge in [0.25, 0.3) is 5.56 Å². The van der Waals surface area contributed by atoms with Gasteiger partial charge < -0.3 is 4.40 Å². The van der Waals surface area contributed by atoms with Crippen molar-refractivity contribution in [3.63, 3.8) is 0 Å². The average Bonchev–Trinajstić information content (AvgIpc) is 3.02. The Kier molecular flexibility index (Phi) is 4.74. The van der Waals surface area contributed by atoms with E-state index in [9.17, 15) is 9.59 Å². The molecule has 0 radical (unpaired) electrons. The molecule has 0 aliphatic heterocycles. The van der Waals surface area contributed by atoms with Crippen LogP contribution in [0.5, 0.6) is 0 Å². The SMILES string of the molecule is Cc1c(/C=N\Nc2nnc(C)c(=O)[nH]2)c2ccccn2c1C(=O)c1ccccc1. The molecule has 0 fully saturated rings. The van der Waals surface area contributed by atoms with Gasteiger partial charge >= 0.3 is 0 Å². The maximum absolute atomic E-state index is 13.1. The number of aryl methyl sites for hydroxylation is 1. The van der Waals surface area contributed by atoms with Crippen molar-refractivity contribution in [1.82, 2.24) is 19.6 Å². The Bertz CT molecular complexity index is 1290. The molecule has 0 atom stereocenters. The second-order valence-electron chi connectivity index (χ2n) is 6.50. The summed E-state index contributed by atoms with van der Waals surface area (Å²) < 4.78 is 1.86. The fraction of sp³-hybridized carbons (Fsp3) is 0.0952. The van der Waals surface area contributed by atoms with E-state index in [-0.39, 0.29) is 23.0 Å². The van der Waals surface area contributed by atoms with Crippen LogP contribution >= 0.6 is 0 Å². The second-order valence-corrected chi connectivity index (χ2v) is 6.50. The van der Waals surface area contributed by atoms with Crippen LogP contribution in [-0.4, -0.2) is 31.6 Å². The minimum atomic E-state index is -0.334. The minimum Gasteiger partial charge on any atom is -0.313 e. The van der Waals surface area contributed by atoms with Gasteiger partial charge in [-0.1, -0.05) is 36.4 Å². The molecule has 0 saturated heterocycles. The fourth-order valence-electron chi connectivity index (χ4n) is 3.13. The van der Waals surface area contributed by atoms with Crippen molar-refractivity contribution in [1.29, 1.82) is 0 Å². The molecule has 1 aromatic carbocycles. The largest absolute Gasteiger partial charge is 0.313 e. The monoisotopic (exact) mass is 386 g/mol. The number of ketones is 1. The van der Waals surface area contributed by atoms with Crippen LogP contribution in [0, 0.1) is 13.8 Å². The molecule has 0 saturated carbocycles. The van der Waals surface area contributed by atoms with Crippen molar-refractivity contribution >= 4 is 23.5 Å². The number of hydrogen-bond donors (Lipinski definition) is 2. The van der Waals surface area contributed by atoms with E-state index >= 15 is 0 Å². The Labute approximate surface area is 165 Å². The van der Waals surface area contributed by atoms with Gasteiger partial charge in [0.1, 0.15) is 5.69 Å². The van der Waals surface area contributed by atoms with Crippen LogP contribution in [0.25, 0.3) is 5.52 Å². The van der Waals surface area contributed by atoms with Crippen LogP contribution in [-0.2, 0) is 0 Å². The summed E-state index contributed by atoms with van der Waals surface area (Å²) in [5.74, 6) is 0.0734. The van der Waals surface area contributed by atoms with Crippen molar-refractivity contribution in [3.8, 4) is 0 Å². The summed E-state index contributed by atoms with van der Waals surface area (Å²) in [4.78, 5) is 27.3. The molecule has 3 aromatic heterocycles. The number of nitrogens with one attached hydrogen (secondary N) is 2. The van der Waals surface area contributed by atoms with Gasteiger partial charge in [0.05, 0.1) is 17.4 Å². The van der Waals surface area contributed by atoms with Gasteiger partial charge in [-0.15, -0.1) is 10.2 Å². The molecule has 144 valence electrons. The number of aromatic nitrogens is 4. The van der Waals surface area contributed by atoms with Crippen LogP contribution in [0.3, 0.4) is 0 Å². The van der Waals surface area contributed by atoms with E-state index in [0.717, 1.165) is 16.6 Å². The van der Waals surface area contributed by atoms with E-state index in [4.69, 9.17) is 0 Å². The molecule has 2 N–H and O–H groups in total. The van der Waals surface area contributed by atoms with Crippen molar-refractivity contribution in [2.45, 2.75) is 13.8 Å². The molecule has 4 aromatic rings. The van der Waals surface area contributed by atoms with Crippen LogP contribution in [0.4, 0.5) is 5.95 Å². The lowest BCUT2D eigenvalue weighted by Crippen LogP contribution is -2.15. The lowest BCUT2D eigenvalue weighted by Gasteiger charge is -2.03. The summed E-state index contributed by atoms with van der Waals surface area (Å²) in [5, 5.41) is 11.8. The molecule has 0 amide bonds. The highest BCUT2D eigenvalue weighted by Gasteiger charge is 2.20. The Morgan fingerprint density at radius 3 is 2.62 bits per heavy atom. The molecule has 0 spiro atoms. The number of nitrogens with zero attached hydrogens (tertiary/aromatic N) is 4. The number of hydrogen-bond acceptors (Lipinski definition) is 6. The van der Waals surface area contributed by atoms with E-state index in [2.05, 4.69) is 25.7 Å². The number of carbonyl (C=O) groups is 1. The van der Waals surface area contributed by atoms with E-state index in [1.807, 2.05) is 53.9 Å². The third kappa shape index (κ3) is 3.43. The molecular formula is C21H18N6O2. The molecular weight excluding hydrogens is 368 g/mol. The van der Waals surface area contributed by atoms with Gasteiger partial charge in [-0.25, -0.2) is 5.43 Å². The molecule has 29 heavy (non-hydrogen) atoms. The van der Waals surface area contributed by atoms with E-state index in [1.54, 1.807) is 25.3 Å². The molecule has 8 nitrogen and oxygen atoms in total. The second kappa shape index (κ2) is 7.51. The number of hydrazone groups is 1. The molecule has 0 unspecified atom stereocenters. The number of carbonyl (C=O) groups excluding carboxylic acids is 1. The van der Waals surface area contributed by atoms with Gasteiger partial charge in [0.2, 0.25) is 11.7 Å². The van der Waals surface area contributed by atoms with Crippen molar-refractivity contribution in [2.75, 3.05) is 5.43 Å². The van der Waals surface area contributed by atoms with Crippen LogP contribution in [0.2, 0.25) is 0 Å². The molecule has 8 heteroatoms. The van der Waals surface area contributed by atoms with Gasteiger partial charge in [0.15, 0.2) is 0 Å². The normalized spacial score (nSPS) is 11.2. The average molecular weight is 386 g/mol. The highest BCUT2D eigenvalue weighted by Crippen LogP contribution is 2.24. The Morgan fingerprint density at radius 2 is 1.86 bits per heavy atom. The third-order valence-electron chi connectivity index (χ3n) is 4.61. The third-order valence-corrected chi connectivity index (χ3v) is 4.61. The number of pyridine rings is 1. The number of anilines is 1. The lowest BCUT2D eigenvalue weighted by molar-refractivity contribution is 0.103. The highest BCUT2D eigenvalue weighted by molar-refractivity contribution is 6.11. The number of aromatic amines is 1. The predicted molar refractivity (Wildman–Crippen MR) is 111 cm³/mol. The van der Waals surface area contributed by atoms with Crippen LogP contribution in [0.15, 0.2) is 64.6 Å². The smallest absolute Gasteiger partial charge is 0.274 e. The first-order valence-corrected chi connectivity index (χ1v) is 8.98. The van der Waals surface area contributed by atoms with E-state index in [0.29, 0.717) is 11.3 Å². The van der Waals surface area contributed by atoms with Gasteiger partial charge in [-0.2, -0.15) is 5.10 Å². The number of benzene rings is 1. The van der Waals surface area contributed by atoms with Gasteiger partial charge in [-0.3, -0.25) is 14.6 Å². The predicted octanol–water partition coefficient (Wildman–Crippen LogP) is 2.71. The van der Waals surface area contributed by atoms with Gasteiger partial charge in [0, 0.05) is 17.3 Å². The van der Waals surface area contributed by atoms with Crippen LogP contribution < -0.4 is 11.0 Å². The molecule has 0 aliphatic carbocycles. The van der Waals surface area contributed by atoms with Crippen molar-refractivity contribution in [2.24, 2.45) is 5.10 Å². The Hall–Kier alpha value is -4.07. The summed E-state index contributed by atoms with van der Waals surface area (Å²) in [6.45, 7) is 3.46. The summed E-state index contributed by atoms with van der Waals surface area (Å²) in [7, 11) is 0. The molecule has 0 bridgehead atoms. The van der Waals surface area contributed by atoms with Crippen molar-refractivity contribution in [3.05, 3.63) is 93.2 Å². The minimum absolute atomic E-state index is 0.0642. The number of fused-ring (bicyclic) bond motifs is 1. The zero-order valence-electron chi connectivity index (χ0n) is 15.9. The zero-order valence-corrected chi connectivity index (χ0v) is 15.9. The zero-order chi connectivity index (χ0) is 20.4. The molecule has 3 heterocycles. The topological polar surface area (TPSA) is 105 Å². The van der Waals surface area contributed by atoms with E-state index < -0.39 is 0 Å². The lowest BCUT2D eigenvalue weighted by atomic mass is 10.0. The van der Waals surface area contributed by atoms with Crippen LogP contribution in [0.1, 0.15) is 32.9 Å². The first-order valence-electron chi connectivity index (χ1n) is 8.98. The molecule has 0 aliphatic rings. The summed E-state index contributed by atoms with van der Waals surface area (Å²) >= 11 is 0. The standard InChI is InChI=1S/C21H18N6O2/c1-13-16(12-22-25-21-23-20(29)14(2)24-26-21)17-10-6-7-11-27(17)18(13)19(28)15-8-4-3-5-9-15/h3-12H,1-2H3,(H2,23,25,26,29)/b22-12-.